The lowest BCUT2D eigenvalue weighted by molar-refractivity contribution is -0.143. The van der Waals surface area contributed by atoms with E-state index >= 15 is 0 Å². The smallest absolute Gasteiger partial charge is 0.307 e. The van der Waals surface area contributed by atoms with Gasteiger partial charge in [-0.2, -0.15) is 5.21 Å². The molecule has 1 aliphatic heterocycles. The van der Waals surface area contributed by atoms with Crippen molar-refractivity contribution < 1.29 is 9.90 Å². The first-order chi connectivity index (χ1) is 15.5. The first-order valence-electron chi connectivity index (χ1n) is 11.0. The summed E-state index contributed by atoms with van der Waals surface area (Å²) in [5, 5.41) is 31.1. The minimum Gasteiger partial charge on any atom is -0.481 e. The van der Waals surface area contributed by atoms with Crippen molar-refractivity contribution in [2.75, 3.05) is 11.9 Å². The summed E-state index contributed by atoms with van der Waals surface area (Å²) in [5.41, 5.74) is 3.51. The van der Waals surface area contributed by atoms with Crippen molar-refractivity contribution in [2.45, 2.75) is 45.2 Å². The van der Waals surface area contributed by atoms with Gasteiger partial charge in [-0.3, -0.25) is 4.79 Å². The predicted molar refractivity (Wildman–Crippen MR) is 120 cm³/mol. The molecule has 0 amide bonds. The Kier molecular flexibility index (Phi) is 6.75. The Morgan fingerprint density at radius 2 is 2.09 bits per heavy atom. The topological polar surface area (TPSA) is 129 Å². The Bertz CT molecular complexity index is 1020. The number of aliphatic carboxylic acids is 1. The zero-order valence-electron chi connectivity index (χ0n) is 18.3. The van der Waals surface area contributed by atoms with Crippen LogP contribution in [0.15, 0.2) is 42.6 Å². The van der Waals surface area contributed by atoms with E-state index in [1.807, 2.05) is 26.0 Å². The van der Waals surface area contributed by atoms with Crippen molar-refractivity contribution in [2.24, 2.45) is 11.8 Å². The molecular weight excluding hydrogens is 406 g/mol. The highest BCUT2D eigenvalue weighted by Gasteiger charge is 2.33. The van der Waals surface area contributed by atoms with Crippen LogP contribution < -0.4 is 10.6 Å². The predicted octanol–water partition coefficient (Wildman–Crippen LogP) is 2.92. The number of aromatic amines is 1. The molecule has 4 rings (SSSR count). The Morgan fingerprint density at radius 1 is 1.25 bits per heavy atom. The number of hydrogen-bond acceptors (Lipinski definition) is 7. The number of hydrogen-bond donors (Lipinski definition) is 4. The maximum atomic E-state index is 12.0. The summed E-state index contributed by atoms with van der Waals surface area (Å²) >= 11 is 0. The third-order valence-electron chi connectivity index (χ3n) is 5.92. The number of carboxylic acid groups (broad SMARTS) is 1. The van der Waals surface area contributed by atoms with E-state index in [-0.39, 0.29) is 17.9 Å². The molecule has 1 aromatic carbocycles. The fourth-order valence-electron chi connectivity index (χ4n) is 4.37. The Balaban J connectivity index is 1.50. The molecule has 3 atom stereocenters. The highest BCUT2D eigenvalue weighted by atomic mass is 16.4. The van der Waals surface area contributed by atoms with Gasteiger partial charge in [0.25, 0.3) is 0 Å². The van der Waals surface area contributed by atoms with Crippen molar-refractivity contribution in [3.8, 4) is 0 Å². The maximum absolute atomic E-state index is 12.0. The van der Waals surface area contributed by atoms with Gasteiger partial charge in [0.15, 0.2) is 5.82 Å². The normalized spacial score (nSPS) is 17.5. The van der Waals surface area contributed by atoms with Crippen LogP contribution in [0.5, 0.6) is 0 Å². The standard InChI is InChI=1S/C23H29N7O2/c1-14(2)9-19(23(31)32)18(22-27-29-30-28-22)10-15-7-8-21(25-11-15)26-20-13-24-12-16-5-3-4-6-17(16)20/h3-8,11,14,18-20,24H,9-10,12-13H2,1-2H3,(H,25,26)(H,31,32)(H,27,28,29,30)/t18?,19-,20?/m0/s1. The molecule has 0 spiro atoms. The molecule has 168 valence electrons. The van der Waals surface area contributed by atoms with Crippen molar-refractivity contribution >= 4 is 11.8 Å². The summed E-state index contributed by atoms with van der Waals surface area (Å²) in [6.07, 6.45) is 2.81. The number of carbonyl (C=O) groups is 1. The quantitative estimate of drug-likeness (QED) is 0.404. The van der Waals surface area contributed by atoms with Gasteiger partial charge in [0, 0.05) is 25.2 Å². The molecule has 32 heavy (non-hydrogen) atoms. The van der Waals surface area contributed by atoms with E-state index in [2.05, 4.69) is 60.5 Å². The first-order valence-corrected chi connectivity index (χ1v) is 11.0. The van der Waals surface area contributed by atoms with Crippen LogP contribution in [-0.4, -0.2) is 43.2 Å². The molecule has 0 bridgehead atoms. The number of anilines is 1. The molecule has 0 fully saturated rings. The van der Waals surface area contributed by atoms with E-state index in [0.717, 1.165) is 24.5 Å². The molecule has 0 aliphatic carbocycles. The van der Waals surface area contributed by atoms with E-state index < -0.39 is 11.9 Å². The molecule has 0 saturated carbocycles. The number of benzene rings is 1. The minimum absolute atomic E-state index is 0.146. The number of fused-ring (bicyclic) bond motifs is 1. The number of rotatable bonds is 9. The third kappa shape index (κ3) is 5.11. The number of H-pyrrole nitrogens is 1. The number of aromatic nitrogens is 5. The molecule has 4 N–H and O–H groups in total. The second-order valence-electron chi connectivity index (χ2n) is 8.73. The fourth-order valence-corrected chi connectivity index (χ4v) is 4.37. The molecule has 1 aliphatic rings. The Hall–Kier alpha value is -3.33. The molecule has 2 aromatic heterocycles. The Labute approximate surface area is 187 Å². The van der Waals surface area contributed by atoms with Gasteiger partial charge >= 0.3 is 5.97 Å². The molecular formula is C23H29N7O2. The summed E-state index contributed by atoms with van der Waals surface area (Å²) < 4.78 is 0. The zero-order valence-corrected chi connectivity index (χ0v) is 18.3. The summed E-state index contributed by atoms with van der Waals surface area (Å²) in [4.78, 5) is 16.6. The largest absolute Gasteiger partial charge is 0.481 e. The van der Waals surface area contributed by atoms with E-state index in [9.17, 15) is 9.90 Å². The SMILES string of the molecule is CC(C)C[C@H](C(=O)O)C(Cc1ccc(NC2CNCc3ccccc32)nc1)c1nn[nH]n1. The van der Waals surface area contributed by atoms with Crippen LogP contribution in [-0.2, 0) is 17.8 Å². The zero-order chi connectivity index (χ0) is 22.5. The van der Waals surface area contributed by atoms with Crippen LogP contribution in [0.2, 0.25) is 0 Å². The first kappa shape index (κ1) is 21.9. The summed E-state index contributed by atoms with van der Waals surface area (Å²) in [7, 11) is 0. The van der Waals surface area contributed by atoms with Gasteiger partial charge < -0.3 is 15.7 Å². The maximum Gasteiger partial charge on any atom is 0.307 e. The molecule has 9 nitrogen and oxygen atoms in total. The summed E-state index contributed by atoms with van der Waals surface area (Å²) in [5.74, 6) is -0.389. The minimum atomic E-state index is -0.844. The molecule has 0 radical (unpaired) electrons. The average molecular weight is 436 g/mol. The van der Waals surface area contributed by atoms with Crippen LogP contribution in [0.4, 0.5) is 5.82 Å². The second kappa shape index (κ2) is 9.86. The average Bonchev–Trinajstić information content (AvgIpc) is 3.32. The number of carboxylic acids is 1. The third-order valence-corrected chi connectivity index (χ3v) is 5.92. The Morgan fingerprint density at radius 3 is 2.78 bits per heavy atom. The van der Waals surface area contributed by atoms with Gasteiger partial charge in [-0.1, -0.05) is 49.4 Å². The summed E-state index contributed by atoms with van der Waals surface area (Å²) in [6.45, 7) is 5.74. The highest BCUT2D eigenvalue weighted by molar-refractivity contribution is 5.71. The van der Waals surface area contributed by atoms with Crippen LogP contribution in [0, 0.1) is 11.8 Å². The van der Waals surface area contributed by atoms with Gasteiger partial charge in [0.1, 0.15) is 5.82 Å². The van der Waals surface area contributed by atoms with Gasteiger partial charge in [-0.15, -0.1) is 10.2 Å². The lowest BCUT2D eigenvalue weighted by atomic mass is 9.81. The van der Waals surface area contributed by atoms with Crippen LogP contribution >= 0.6 is 0 Å². The summed E-state index contributed by atoms with van der Waals surface area (Å²) in [6, 6.07) is 12.5. The van der Waals surface area contributed by atoms with Crippen LogP contribution in [0.25, 0.3) is 0 Å². The van der Waals surface area contributed by atoms with Crippen molar-refractivity contribution in [1.82, 2.24) is 30.9 Å². The van der Waals surface area contributed by atoms with E-state index in [1.54, 1.807) is 6.20 Å². The molecule has 3 aromatic rings. The number of nitrogens with zero attached hydrogens (tertiary/aromatic N) is 4. The second-order valence-corrected chi connectivity index (χ2v) is 8.73. The number of pyridine rings is 1. The van der Waals surface area contributed by atoms with E-state index in [4.69, 9.17) is 0 Å². The van der Waals surface area contributed by atoms with Gasteiger partial charge in [-0.05, 0) is 41.5 Å². The number of nitrogens with one attached hydrogen (secondary N) is 3. The van der Waals surface area contributed by atoms with Crippen LogP contribution in [0.1, 0.15) is 54.7 Å². The monoisotopic (exact) mass is 435 g/mol. The highest BCUT2D eigenvalue weighted by Crippen LogP contribution is 2.31. The molecule has 2 unspecified atom stereocenters. The van der Waals surface area contributed by atoms with Gasteiger partial charge in [0.2, 0.25) is 0 Å². The number of tetrazole rings is 1. The van der Waals surface area contributed by atoms with E-state index in [0.29, 0.717) is 18.7 Å². The molecule has 3 heterocycles. The van der Waals surface area contributed by atoms with Crippen LogP contribution in [0.3, 0.4) is 0 Å². The molecule has 9 heteroatoms. The fraction of sp³-hybridized carbons (Fsp3) is 0.435. The van der Waals surface area contributed by atoms with E-state index in [1.165, 1.54) is 11.1 Å². The van der Waals surface area contributed by atoms with Crippen molar-refractivity contribution in [1.29, 1.82) is 0 Å². The van der Waals surface area contributed by atoms with Gasteiger partial charge in [-0.25, -0.2) is 4.98 Å². The molecule has 0 saturated heterocycles. The van der Waals surface area contributed by atoms with Crippen molar-refractivity contribution in [3.05, 3.63) is 65.1 Å². The van der Waals surface area contributed by atoms with Gasteiger partial charge in [0.05, 0.1) is 12.0 Å². The lowest BCUT2D eigenvalue weighted by Gasteiger charge is -2.27. The van der Waals surface area contributed by atoms with Crippen molar-refractivity contribution in [3.63, 3.8) is 0 Å². The lowest BCUT2D eigenvalue weighted by Crippen LogP contribution is -2.32.